The van der Waals surface area contributed by atoms with Crippen LogP contribution in [-0.2, 0) is 9.47 Å². The van der Waals surface area contributed by atoms with Gasteiger partial charge in [0.2, 0.25) is 0 Å². The second-order valence-electron chi connectivity index (χ2n) is 7.69. The number of ether oxygens (including phenoxy) is 4. The zero-order valence-corrected chi connectivity index (χ0v) is 17.5. The number of halogens is 1. The molecule has 2 aliphatic heterocycles. The molecule has 0 bridgehead atoms. The van der Waals surface area contributed by atoms with E-state index in [2.05, 4.69) is 15.0 Å². The molecule has 2 fully saturated rings. The molecule has 0 radical (unpaired) electrons. The fourth-order valence-corrected chi connectivity index (χ4v) is 4.06. The largest absolute Gasteiger partial charge is 0.488 e. The highest BCUT2D eigenvalue weighted by molar-refractivity contribution is 6.33. The number of nitrogens with one attached hydrogen (secondary N) is 1. The Hall–Kier alpha value is -2.43. The van der Waals surface area contributed by atoms with Crippen LogP contribution in [0.3, 0.4) is 0 Å². The monoisotopic (exact) mass is 447 g/mol. The molecule has 3 N–H and O–H groups in total. The summed E-state index contributed by atoms with van der Waals surface area (Å²) >= 11 is 6.47. The summed E-state index contributed by atoms with van der Waals surface area (Å²) in [5, 5.41) is 19.4. The Labute approximate surface area is 182 Å². The number of imidazole rings is 1. The number of benzene rings is 1. The van der Waals surface area contributed by atoms with Gasteiger partial charge in [-0.3, -0.25) is 0 Å². The summed E-state index contributed by atoms with van der Waals surface area (Å²) in [5.41, 5.74) is 2.50. The number of aromatic nitrogens is 3. The van der Waals surface area contributed by atoms with Gasteiger partial charge in [-0.25, -0.2) is 4.98 Å². The van der Waals surface area contributed by atoms with E-state index >= 15 is 0 Å². The molecule has 2 aliphatic rings. The minimum atomic E-state index is -0.638. The predicted molar refractivity (Wildman–Crippen MR) is 111 cm³/mol. The van der Waals surface area contributed by atoms with Crippen LogP contribution in [0.15, 0.2) is 30.3 Å². The lowest BCUT2D eigenvalue weighted by molar-refractivity contribution is 0.00706. The third-order valence-electron chi connectivity index (χ3n) is 5.37. The second kappa shape index (κ2) is 8.25. The lowest BCUT2D eigenvalue weighted by atomic mass is 10.1. The van der Waals surface area contributed by atoms with E-state index in [9.17, 15) is 5.11 Å². The molecular formula is C21H22ClN3O6. The van der Waals surface area contributed by atoms with Crippen molar-refractivity contribution in [2.24, 2.45) is 0 Å². The van der Waals surface area contributed by atoms with E-state index in [1.807, 2.05) is 12.1 Å². The van der Waals surface area contributed by atoms with Gasteiger partial charge in [0.1, 0.15) is 30.2 Å². The van der Waals surface area contributed by atoms with Crippen molar-refractivity contribution in [1.82, 2.24) is 15.0 Å². The molecule has 4 heterocycles. The lowest BCUT2D eigenvalue weighted by Gasteiger charge is -2.15. The van der Waals surface area contributed by atoms with Crippen molar-refractivity contribution in [2.45, 2.75) is 37.4 Å². The van der Waals surface area contributed by atoms with E-state index in [-0.39, 0.29) is 43.6 Å². The molecule has 1 aromatic carbocycles. The second-order valence-corrected chi connectivity index (χ2v) is 8.09. The third-order valence-corrected chi connectivity index (χ3v) is 5.66. The summed E-state index contributed by atoms with van der Waals surface area (Å²) < 4.78 is 22.7. The van der Waals surface area contributed by atoms with Crippen LogP contribution in [0.5, 0.6) is 11.8 Å². The first-order valence-electron chi connectivity index (χ1n) is 10.0. The molecule has 2 aromatic heterocycles. The first-order chi connectivity index (χ1) is 15.0. The van der Waals surface area contributed by atoms with E-state index < -0.39 is 6.10 Å². The number of rotatable bonds is 6. The van der Waals surface area contributed by atoms with Crippen LogP contribution in [0.1, 0.15) is 6.92 Å². The Morgan fingerprint density at radius 2 is 1.97 bits per heavy atom. The molecule has 5 rings (SSSR count). The quantitative estimate of drug-likeness (QED) is 0.524. The minimum Gasteiger partial charge on any atom is -0.488 e. The van der Waals surface area contributed by atoms with Crippen molar-refractivity contribution in [1.29, 1.82) is 0 Å². The van der Waals surface area contributed by atoms with Crippen molar-refractivity contribution >= 4 is 22.8 Å². The first kappa shape index (κ1) is 20.5. The van der Waals surface area contributed by atoms with Gasteiger partial charge in [0.15, 0.2) is 11.8 Å². The molecule has 10 heteroatoms. The summed E-state index contributed by atoms with van der Waals surface area (Å²) in [6.07, 6.45) is -2.00. The standard InChI is InChI=1S/C21H22ClN3O6/c1-10(7-26)30-12-4-2-11(3-5-12)17-13(22)6-14-20(24-17)25-21(23-14)31-16-9-29-18-15(27)8-28-19(16)18/h2-6,10,15-16,18-19,26-27H,7-9H2,1H3,(H,23,24,25)/t10?,15-,16-,18?,19-/m1/s1. The van der Waals surface area contributed by atoms with Crippen LogP contribution < -0.4 is 9.47 Å². The number of aromatic amines is 1. The van der Waals surface area contributed by atoms with Crippen molar-refractivity contribution in [3.05, 3.63) is 35.4 Å². The van der Waals surface area contributed by atoms with E-state index in [0.717, 1.165) is 5.56 Å². The first-order valence-corrected chi connectivity index (χ1v) is 10.4. The predicted octanol–water partition coefficient (Wildman–Crippen LogP) is 1.94. The number of hydrogen-bond acceptors (Lipinski definition) is 8. The molecule has 3 aromatic rings. The molecule has 9 nitrogen and oxygen atoms in total. The minimum absolute atomic E-state index is 0.0591. The van der Waals surface area contributed by atoms with Crippen molar-refractivity contribution in [3.63, 3.8) is 0 Å². The summed E-state index contributed by atoms with van der Waals surface area (Å²) in [5.74, 6) is 0.647. The highest BCUT2D eigenvalue weighted by atomic mass is 35.5. The normalized spacial score (nSPS) is 26.2. The number of aliphatic hydroxyl groups excluding tert-OH is 2. The van der Waals surface area contributed by atoms with Crippen LogP contribution >= 0.6 is 11.6 Å². The Morgan fingerprint density at radius 3 is 2.74 bits per heavy atom. The van der Waals surface area contributed by atoms with Gasteiger partial charge in [0.05, 0.1) is 36.1 Å². The van der Waals surface area contributed by atoms with Crippen LogP contribution in [0, 0.1) is 0 Å². The molecular weight excluding hydrogens is 426 g/mol. The van der Waals surface area contributed by atoms with Crippen molar-refractivity contribution in [3.8, 4) is 23.0 Å². The van der Waals surface area contributed by atoms with E-state index in [1.54, 1.807) is 25.1 Å². The van der Waals surface area contributed by atoms with Crippen molar-refractivity contribution < 1.29 is 29.2 Å². The topological polar surface area (TPSA) is 119 Å². The van der Waals surface area contributed by atoms with Gasteiger partial charge in [-0.2, -0.15) is 4.98 Å². The van der Waals surface area contributed by atoms with Crippen LogP contribution in [0.25, 0.3) is 22.4 Å². The summed E-state index contributed by atoms with van der Waals surface area (Å²) in [6.45, 7) is 2.28. The maximum atomic E-state index is 9.87. The summed E-state index contributed by atoms with van der Waals surface area (Å²) in [7, 11) is 0. The number of nitrogens with zero attached hydrogens (tertiary/aromatic N) is 2. The van der Waals surface area contributed by atoms with Crippen LogP contribution in [0.4, 0.5) is 0 Å². The fourth-order valence-electron chi connectivity index (χ4n) is 3.80. The molecule has 2 unspecified atom stereocenters. The van der Waals surface area contributed by atoms with Gasteiger partial charge in [0, 0.05) is 5.56 Å². The number of hydrogen-bond donors (Lipinski definition) is 3. The molecule has 0 saturated carbocycles. The highest BCUT2D eigenvalue weighted by Crippen LogP contribution is 2.32. The SMILES string of the molecule is CC(CO)Oc1ccc(-c2nc3nc(O[C@@H]4COC5[C@H](O)CO[C@@H]54)[nH]c3cc2Cl)cc1. The molecule has 31 heavy (non-hydrogen) atoms. The van der Waals surface area contributed by atoms with E-state index in [1.165, 1.54) is 0 Å². The molecule has 164 valence electrons. The van der Waals surface area contributed by atoms with Crippen molar-refractivity contribution in [2.75, 3.05) is 19.8 Å². The van der Waals surface area contributed by atoms with E-state index in [4.69, 9.17) is 35.7 Å². The smallest absolute Gasteiger partial charge is 0.296 e. The third kappa shape index (κ3) is 3.95. The molecule has 5 atom stereocenters. The fraction of sp³-hybridized carbons (Fsp3) is 0.429. The Bertz CT molecular complexity index is 1070. The molecule has 2 saturated heterocycles. The molecule has 0 aliphatic carbocycles. The maximum Gasteiger partial charge on any atom is 0.296 e. The van der Waals surface area contributed by atoms with Gasteiger partial charge in [-0.05, 0) is 37.3 Å². The number of H-pyrrole nitrogens is 1. The van der Waals surface area contributed by atoms with Crippen LogP contribution in [0.2, 0.25) is 5.02 Å². The van der Waals surface area contributed by atoms with E-state index in [0.29, 0.717) is 34.2 Å². The zero-order chi connectivity index (χ0) is 21.5. The number of fused-ring (bicyclic) bond motifs is 2. The van der Waals surface area contributed by atoms with Gasteiger partial charge < -0.3 is 34.1 Å². The average Bonchev–Trinajstić information content (AvgIpc) is 3.45. The Morgan fingerprint density at radius 1 is 1.19 bits per heavy atom. The Kier molecular flexibility index (Phi) is 5.45. The molecule has 0 amide bonds. The van der Waals surface area contributed by atoms with Gasteiger partial charge >= 0.3 is 0 Å². The highest BCUT2D eigenvalue weighted by Gasteiger charge is 2.48. The maximum absolute atomic E-state index is 9.87. The summed E-state index contributed by atoms with van der Waals surface area (Å²) in [4.78, 5) is 12.1. The summed E-state index contributed by atoms with van der Waals surface area (Å²) in [6, 6.07) is 9.34. The number of aliphatic hydroxyl groups is 2. The van der Waals surface area contributed by atoms with Crippen LogP contribution in [-0.4, -0.2) is 75.5 Å². The average molecular weight is 448 g/mol. The van der Waals surface area contributed by atoms with Gasteiger partial charge in [-0.1, -0.05) is 11.6 Å². The number of pyridine rings is 1. The molecule has 0 spiro atoms. The van der Waals surface area contributed by atoms with Gasteiger partial charge in [0.25, 0.3) is 6.01 Å². The van der Waals surface area contributed by atoms with Gasteiger partial charge in [-0.15, -0.1) is 0 Å². The zero-order valence-electron chi connectivity index (χ0n) is 16.7. The Balaban J connectivity index is 1.36. The lowest BCUT2D eigenvalue weighted by Crippen LogP contribution is -2.34.